The SMILES string of the molecule is Cc1ccc(C#CCCO)cc1C(=O)NC1CC(C)C1. The van der Waals surface area contributed by atoms with Crippen molar-refractivity contribution in [3.05, 3.63) is 34.9 Å². The molecule has 0 aliphatic heterocycles. The average molecular weight is 271 g/mol. The topological polar surface area (TPSA) is 49.3 Å². The van der Waals surface area contributed by atoms with Crippen LogP contribution < -0.4 is 5.32 Å². The van der Waals surface area contributed by atoms with Crippen molar-refractivity contribution in [2.24, 2.45) is 5.92 Å². The van der Waals surface area contributed by atoms with Gasteiger partial charge in [0, 0.05) is 23.6 Å². The normalized spacial score (nSPS) is 20.6. The summed E-state index contributed by atoms with van der Waals surface area (Å²) < 4.78 is 0. The average Bonchev–Trinajstić information content (AvgIpc) is 2.39. The summed E-state index contributed by atoms with van der Waals surface area (Å²) in [6.45, 7) is 4.20. The first-order valence-electron chi connectivity index (χ1n) is 7.11. The minimum Gasteiger partial charge on any atom is -0.395 e. The van der Waals surface area contributed by atoms with Crippen molar-refractivity contribution in [1.29, 1.82) is 0 Å². The Kier molecular flexibility index (Phi) is 4.81. The Bertz CT molecular complexity index is 548. The van der Waals surface area contributed by atoms with Crippen molar-refractivity contribution in [1.82, 2.24) is 5.32 Å². The van der Waals surface area contributed by atoms with Gasteiger partial charge in [-0.05, 0) is 43.4 Å². The van der Waals surface area contributed by atoms with E-state index in [4.69, 9.17) is 5.11 Å². The van der Waals surface area contributed by atoms with Crippen LogP contribution in [0.15, 0.2) is 18.2 Å². The minimum atomic E-state index is -0.00907. The third kappa shape index (κ3) is 3.61. The molecule has 0 aromatic heterocycles. The summed E-state index contributed by atoms with van der Waals surface area (Å²) in [7, 11) is 0. The molecule has 20 heavy (non-hydrogen) atoms. The Morgan fingerprint density at radius 2 is 2.20 bits per heavy atom. The van der Waals surface area contributed by atoms with Crippen LogP contribution in [0.4, 0.5) is 0 Å². The molecule has 1 aromatic rings. The standard InChI is InChI=1S/C17H21NO2/c1-12-9-15(10-12)18-17(20)16-11-14(5-3-4-8-19)7-6-13(16)2/h6-7,11-12,15,19H,4,8-10H2,1-2H3,(H,18,20). The van der Waals surface area contributed by atoms with Crippen molar-refractivity contribution in [2.45, 2.75) is 39.2 Å². The van der Waals surface area contributed by atoms with Crippen LogP contribution in [0.3, 0.4) is 0 Å². The number of carbonyl (C=O) groups excluding carboxylic acids is 1. The number of hydrogen-bond acceptors (Lipinski definition) is 2. The molecule has 0 spiro atoms. The molecule has 0 heterocycles. The Balaban J connectivity index is 2.08. The van der Waals surface area contributed by atoms with Gasteiger partial charge in [-0.2, -0.15) is 0 Å². The first kappa shape index (κ1) is 14.6. The van der Waals surface area contributed by atoms with Crippen LogP contribution in [0.25, 0.3) is 0 Å². The van der Waals surface area contributed by atoms with Gasteiger partial charge in [0.1, 0.15) is 0 Å². The van der Waals surface area contributed by atoms with Crippen molar-refractivity contribution < 1.29 is 9.90 Å². The molecule has 106 valence electrons. The van der Waals surface area contributed by atoms with Gasteiger partial charge in [-0.3, -0.25) is 4.79 Å². The highest BCUT2D eigenvalue weighted by Gasteiger charge is 2.27. The Labute approximate surface area is 120 Å². The molecule has 1 amide bonds. The van der Waals surface area contributed by atoms with E-state index in [-0.39, 0.29) is 12.5 Å². The van der Waals surface area contributed by atoms with Gasteiger partial charge in [-0.1, -0.05) is 24.8 Å². The molecule has 2 rings (SSSR count). The van der Waals surface area contributed by atoms with Crippen LogP contribution in [0.1, 0.15) is 47.7 Å². The molecule has 1 aliphatic carbocycles. The second-order valence-electron chi connectivity index (χ2n) is 5.55. The number of hydrogen-bond donors (Lipinski definition) is 2. The quantitative estimate of drug-likeness (QED) is 0.828. The summed E-state index contributed by atoms with van der Waals surface area (Å²) in [4.78, 5) is 12.3. The van der Waals surface area contributed by atoms with Gasteiger partial charge >= 0.3 is 0 Å². The van der Waals surface area contributed by atoms with Gasteiger partial charge in [0.05, 0.1) is 6.61 Å². The van der Waals surface area contributed by atoms with E-state index in [9.17, 15) is 4.79 Å². The summed E-state index contributed by atoms with van der Waals surface area (Å²) >= 11 is 0. The first-order chi connectivity index (χ1) is 9.60. The summed E-state index contributed by atoms with van der Waals surface area (Å²) in [5, 5.41) is 11.8. The second-order valence-corrected chi connectivity index (χ2v) is 5.55. The van der Waals surface area contributed by atoms with Gasteiger partial charge in [-0.25, -0.2) is 0 Å². The molecule has 1 fully saturated rings. The smallest absolute Gasteiger partial charge is 0.251 e. The van der Waals surface area contributed by atoms with Gasteiger partial charge in [0.15, 0.2) is 0 Å². The lowest BCUT2D eigenvalue weighted by Gasteiger charge is -2.33. The van der Waals surface area contributed by atoms with Crippen molar-refractivity contribution in [3.8, 4) is 11.8 Å². The Hall–Kier alpha value is -1.79. The molecule has 0 radical (unpaired) electrons. The number of nitrogens with one attached hydrogen (secondary N) is 1. The Morgan fingerprint density at radius 3 is 2.85 bits per heavy atom. The number of amides is 1. The van der Waals surface area contributed by atoms with Crippen LogP contribution in [0.5, 0.6) is 0 Å². The molecule has 0 saturated heterocycles. The highest BCUT2D eigenvalue weighted by Crippen LogP contribution is 2.26. The van der Waals surface area contributed by atoms with E-state index in [1.165, 1.54) is 0 Å². The zero-order chi connectivity index (χ0) is 14.5. The van der Waals surface area contributed by atoms with Gasteiger partial charge in [0.25, 0.3) is 5.91 Å². The van der Waals surface area contributed by atoms with E-state index < -0.39 is 0 Å². The number of aryl methyl sites for hydroxylation is 1. The van der Waals surface area contributed by atoms with E-state index in [0.29, 0.717) is 18.0 Å². The van der Waals surface area contributed by atoms with Crippen molar-refractivity contribution in [2.75, 3.05) is 6.61 Å². The second kappa shape index (κ2) is 6.58. The van der Waals surface area contributed by atoms with E-state index >= 15 is 0 Å². The molecular formula is C17H21NO2. The third-order valence-electron chi connectivity index (χ3n) is 3.66. The predicted molar refractivity (Wildman–Crippen MR) is 79.4 cm³/mol. The summed E-state index contributed by atoms with van der Waals surface area (Å²) in [6.07, 6.45) is 2.59. The summed E-state index contributed by atoms with van der Waals surface area (Å²) in [5.41, 5.74) is 2.47. The van der Waals surface area contributed by atoms with Gasteiger partial charge in [-0.15, -0.1) is 0 Å². The first-order valence-corrected chi connectivity index (χ1v) is 7.11. The molecule has 1 aliphatic rings. The van der Waals surface area contributed by atoms with Crippen molar-refractivity contribution >= 4 is 5.91 Å². The van der Waals surface area contributed by atoms with E-state index in [0.717, 1.165) is 29.9 Å². The number of rotatable bonds is 3. The number of carbonyl (C=O) groups is 1. The van der Waals surface area contributed by atoms with Crippen LogP contribution in [0, 0.1) is 24.7 Å². The maximum atomic E-state index is 12.3. The highest BCUT2D eigenvalue weighted by molar-refractivity contribution is 5.96. The van der Waals surface area contributed by atoms with E-state index in [2.05, 4.69) is 24.1 Å². The van der Waals surface area contributed by atoms with Crippen LogP contribution >= 0.6 is 0 Å². The van der Waals surface area contributed by atoms with Crippen molar-refractivity contribution in [3.63, 3.8) is 0 Å². The van der Waals surface area contributed by atoms with Gasteiger partial charge in [0.2, 0.25) is 0 Å². The zero-order valence-corrected chi connectivity index (χ0v) is 12.1. The number of aliphatic hydroxyl groups is 1. The fraction of sp³-hybridized carbons (Fsp3) is 0.471. The zero-order valence-electron chi connectivity index (χ0n) is 12.1. The molecule has 3 nitrogen and oxygen atoms in total. The monoisotopic (exact) mass is 271 g/mol. The molecule has 2 N–H and O–H groups in total. The van der Waals surface area contributed by atoms with Crippen LogP contribution in [-0.2, 0) is 0 Å². The molecular weight excluding hydrogens is 250 g/mol. The maximum Gasteiger partial charge on any atom is 0.251 e. The van der Waals surface area contributed by atoms with E-state index in [1.54, 1.807) is 0 Å². The summed E-state index contributed by atoms with van der Waals surface area (Å²) in [6, 6.07) is 5.97. The fourth-order valence-electron chi connectivity index (χ4n) is 2.45. The molecule has 0 unspecified atom stereocenters. The highest BCUT2D eigenvalue weighted by atomic mass is 16.2. The lowest BCUT2D eigenvalue weighted by Crippen LogP contribution is -2.43. The van der Waals surface area contributed by atoms with Crippen LogP contribution in [0.2, 0.25) is 0 Å². The fourth-order valence-corrected chi connectivity index (χ4v) is 2.45. The lowest BCUT2D eigenvalue weighted by atomic mass is 9.82. The molecule has 0 bridgehead atoms. The van der Waals surface area contributed by atoms with E-state index in [1.807, 2.05) is 25.1 Å². The Morgan fingerprint density at radius 1 is 1.45 bits per heavy atom. The number of aliphatic hydroxyl groups excluding tert-OH is 1. The molecule has 1 saturated carbocycles. The lowest BCUT2D eigenvalue weighted by molar-refractivity contribution is 0.0895. The number of benzene rings is 1. The van der Waals surface area contributed by atoms with Gasteiger partial charge < -0.3 is 10.4 Å². The molecule has 3 heteroatoms. The molecule has 1 aromatic carbocycles. The predicted octanol–water partition coefficient (Wildman–Crippen LogP) is 2.26. The largest absolute Gasteiger partial charge is 0.395 e. The third-order valence-corrected chi connectivity index (χ3v) is 3.66. The van der Waals surface area contributed by atoms with Crippen LogP contribution in [-0.4, -0.2) is 23.7 Å². The maximum absolute atomic E-state index is 12.3. The molecule has 0 atom stereocenters. The minimum absolute atomic E-state index is 0.00907. The summed E-state index contributed by atoms with van der Waals surface area (Å²) in [5.74, 6) is 6.55.